The summed E-state index contributed by atoms with van der Waals surface area (Å²) in [5.74, 6) is 0. The fourth-order valence-electron chi connectivity index (χ4n) is 3.67. The zero-order valence-electron chi connectivity index (χ0n) is 14.4. The third-order valence-electron chi connectivity index (χ3n) is 4.72. The Hall–Kier alpha value is -0.490. The van der Waals surface area contributed by atoms with Crippen molar-refractivity contribution in [3.05, 3.63) is 42.1 Å². The van der Waals surface area contributed by atoms with E-state index in [1.54, 1.807) is 0 Å². The maximum Gasteiger partial charge on any atom is 0.242 e. The maximum absolute atomic E-state index is 2.61. The van der Waals surface area contributed by atoms with Crippen molar-refractivity contribution in [2.24, 2.45) is 0 Å². The summed E-state index contributed by atoms with van der Waals surface area (Å²) in [6, 6.07) is 10.8. The van der Waals surface area contributed by atoms with Crippen molar-refractivity contribution in [3.63, 3.8) is 0 Å². The van der Waals surface area contributed by atoms with E-state index in [1.807, 2.05) is 11.8 Å². The molecule has 3 rings (SSSR count). The molecule has 0 amide bonds. The van der Waals surface area contributed by atoms with Crippen molar-refractivity contribution < 1.29 is 28.6 Å². The minimum atomic E-state index is 0. The Morgan fingerprint density at radius 3 is 2.30 bits per heavy atom. The van der Waals surface area contributed by atoms with Crippen LogP contribution in [-0.4, -0.2) is 39.4 Å². The first-order chi connectivity index (χ1) is 10.6. The van der Waals surface area contributed by atoms with E-state index in [0.717, 1.165) is 6.42 Å². The van der Waals surface area contributed by atoms with Crippen molar-refractivity contribution in [3.8, 4) is 0 Å². The predicted molar refractivity (Wildman–Crippen MR) is 97.1 cm³/mol. The summed E-state index contributed by atoms with van der Waals surface area (Å²) in [6.07, 6.45) is 9.81. The Labute approximate surface area is 162 Å². The van der Waals surface area contributed by atoms with Crippen LogP contribution in [0.4, 0.5) is 5.69 Å². The van der Waals surface area contributed by atoms with Crippen LogP contribution in [0.25, 0.3) is 0 Å². The molecule has 4 heteroatoms. The smallest absolute Gasteiger partial charge is 0.242 e. The van der Waals surface area contributed by atoms with Crippen molar-refractivity contribution in [1.82, 2.24) is 4.90 Å². The second kappa shape index (κ2) is 8.06. The average Bonchev–Trinajstić information content (AvgIpc) is 2.54. The second-order valence-electron chi connectivity index (χ2n) is 6.89. The lowest BCUT2D eigenvalue weighted by Gasteiger charge is -2.36. The van der Waals surface area contributed by atoms with Crippen LogP contribution in [0.15, 0.2) is 42.1 Å². The molecule has 0 bridgehead atoms. The molecule has 23 heavy (non-hydrogen) atoms. The van der Waals surface area contributed by atoms with Crippen molar-refractivity contribution in [1.29, 1.82) is 0 Å². The topological polar surface area (TPSA) is 6.25 Å². The van der Waals surface area contributed by atoms with Crippen LogP contribution in [0.1, 0.15) is 39.5 Å². The molecular weight excluding hydrogens is 415 g/mol. The van der Waals surface area contributed by atoms with Gasteiger partial charge in [-0.3, -0.25) is 0 Å². The summed E-state index contributed by atoms with van der Waals surface area (Å²) in [5.41, 5.74) is 2.94. The van der Waals surface area contributed by atoms with E-state index in [2.05, 4.69) is 66.0 Å². The zero-order valence-corrected chi connectivity index (χ0v) is 17.4. The van der Waals surface area contributed by atoms with Crippen LogP contribution < -0.4 is 24.0 Å². The van der Waals surface area contributed by atoms with Crippen LogP contribution in [0.5, 0.6) is 0 Å². The highest BCUT2D eigenvalue weighted by Crippen LogP contribution is 2.35. The van der Waals surface area contributed by atoms with Crippen molar-refractivity contribution in [2.75, 3.05) is 19.3 Å². The first kappa shape index (κ1) is 18.8. The average molecular weight is 442 g/mol. The van der Waals surface area contributed by atoms with Crippen molar-refractivity contribution >= 4 is 22.5 Å². The van der Waals surface area contributed by atoms with Gasteiger partial charge in [-0.05, 0) is 25.5 Å². The Kier molecular flexibility index (Phi) is 6.60. The van der Waals surface area contributed by atoms with E-state index >= 15 is 0 Å². The van der Waals surface area contributed by atoms with Crippen LogP contribution in [0.2, 0.25) is 0 Å². The molecular formula is C19H27IN2S. The number of halogens is 1. The SMILES string of the molecule is CSC1=[N+](c2ccccc2)C(C)(C)CC(N2CCCCC2)=C1.[I-]. The second-order valence-corrected chi connectivity index (χ2v) is 7.71. The van der Waals surface area contributed by atoms with E-state index in [9.17, 15) is 0 Å². The molecule has 1 saturated heterocycles. The number of thioether (sulfide) groups is 1. The molecule has 1 aromatic rings. The summed E-state index contributed by atoms with van der Waals surface area (Å²) in [4.78, 5) is 2.61. The number of likely N-dealkylation sites (tertiary alicyclic amines) is 1. The Morgan fingerprint density at radius 2 is 1.70 bits per heavy atom. The number of benzene rings is 1. The van der Waals surface area contributed by atoms with Crippen LogP contribution in [-0.2, 0) is 0 Å². The number of nitrogens with zero attached hydrogens (tertiary/aromatic N) is 2. The molecule has 0 radical (unpaired) electrons. The highest BCUT2D eigenvalue weighted by atomic mass is 127. The van der Waals surface area contributed by atoms with E-state index in [0.29, 0.717) is 0 Å². The summed E-state index contributed by atoms with van der Waals surface area (Å²) in [5, 5.41) is 1.36. The Bertz CT molecular complexity index is 587. The number of piperidine rings is 1. The van der Waals surface area contributed by atoms with Gasteiger partial charge in [0.15, 0.2) is 5.54 Å². The molecule has 2 heterocycles. The van der Waals surface area contributed by atoms with Crippen LogP contribution in [0, 0.1) is 0 Å². The molecule has 0 spiro atoms. The molecule has 0 unspecified atom stereocenters. The van der Waals surface area contributed by atoms with Crippen molar-refractivity contribution in [2.45, 2.75) is 45.1 Å². The van der Waals surface area contributed by atoms with E-state index < -0.39 is 0 Å². The normalized spacial score (nSPS) is 20.8. The standard InChI is InChI=1S/C19H27N2S.HI/c1-19(2)15-17(20-12-8-5-9-13-20)14-18(22-3)21(19)16-10-6-4-7-11-16;/h4,6-7,10-11,14H,5,8-9,12-13,15H2,1-3H3;1H/q+1;/p-1. The van der Waals surface area contributed by atoms with Crippen LogP contribution >= 0.6 is 11.8 Å². The number of para-hydroxylation sites is 1. The Balaban J connectivity index is 0.00000192. The largest absolute Gasteiger partial charge is 1.00 e. The van der Waals surface area contributed by atoms with Gasteiger partial charge in [-0.2, -0.15) is 4.58 Å². The molecule has 0 aromatic heterocycles. The van der Waals surface area contributed by atoms with Gasteiger partial charge in [0.05, 0.1) is 6.42 Å². The molecule has 2 aliphatic heterocycles. The maximum atomic E-state index is 2.61. The highest BCUT2D eigenvalue weighted by molar-refractivity contribution is 8.13. The molecule has 0 saturated carbocycles. The minimum Gasteiger partial charge on any atom is -1.00 e. The van der Waals surface area contributed by atoms with Gasteiger partial charge in [-0.15, -0.1) is 0 Å². The molecule has 0 atom stereocenters. The van der Waals surface area contributed by atoms with Gasteiger partial charge in [0.25, 0.3) is 0 Å². The minimum absolute atomic E-state index is 0. The summed E-state index contributed by atoms with van der Waals surface area (Å²) in [7, 11) is 0. The third-order valence-corrected chi connectivity index (χ3v) is 5.43. The van der Waals surface area contributed by atoms with Gasteiger partial charge < -0.3 is 28.9 Å². The predicted octanol–water partition coefficient (Wildman–Crippen LogP) is 1.65. The molecule has 2 aliphatic rings. The molecule has 1 aromatic carbocycles. The lowest BCUT2D eigenvalue weighted by Crippen LogP contribution is -3.00. The Morgan fingerprint density at radius 1 is 1.04 bits per heavy atom. The molecule has 0 aliphatic carbocycles. The first-order valence-electron chi connectivity index (χ1n) is 8.33. The van der Waals surface area contributed by atoms with Gasteiger partial charge in [0, 0.05) is 50.8 Å². The first-order valence-corrected chi connectivity index (χ1v) is 9.56. The highest BCUT2D eigenvalue weighted by Gasteiger charge is 2.40. The lowest BCUT2D eigenvalue weighted by molar-refractivity contribution is -0.523. The van der Waals surface area contributed by atoms with Gasteiger partial charge in [0.1, 0.15) is 0 Å². The molecule has 2 nitrogen and oxygen atoms in total. The fraction of sp³-hybridized carbons (Fsp3) is 0.526. The molecule has 126 valence electrons. The number of rotatable bonds is 2. The van der Waals surface area contributed by atoms with E-state index in [4.69, 9.17) is 0 Å². The summed E-state index contributed by atoms with van der Waals surface area (Å²) < 4.78 is 2.51. The van der Waals surface area contributed by atoms with E-state index in [1.165, 1.54) is 48.8 Å². The lowest BCUT2D eigenvalue weighted by atomic mass is 9.92. The fourth-order valence-corrected chi connectivity index (χ4v) is 4.46. The third kappa shape index (κ3) is 4.13. The zero-order chi connectivity index (χ0) is 15.6. The van der Waals surface area contributed by atoms with Gasteiger partial charge in [0.2, 0.25) is 10.7 Å². The van der Waals surface area contributed by atoms with Gasteiger partial charge in [-0.25, -0.2) is 0 Å². The van der Waals surface area contributed by atoms with E-state index in [-0.39, 0.29) is 29.5 Å². The quantitative estimate of drug-likeness (QED) is 0.508. The van der Waals surface area contributed by atoms with Crippen LogP contribution in [0.3, 0.4) is 0 Å². The monoisotopic (exact) mass is 442 g/mol. The number of hydrogen-bond donors (Lipinski definition) is 0. The summed E-state index contributed by atoms with van der Waals surface area (Å²) >= 11 is 1.86. The summed E-state index contributed by atoms with van der Waals surface area (Å²) in [6.45, 7) is 7.20. The molecule has 1 fully saturated rings. The van der Waals surface area contributed by atoms with Gasteiger partial charge in [-0.1, -0.05) is 30.0 Å². The van der Waals surface area contributed by atoms with Gasteiger partial charge >= 0.3 is 0 Å². The molecule has 0 N–H and O–H groups in total. The number of hydrogen-bond acceptors (Lipinski definition) is 2.